The maximum absolute atomic E-state index is 11.6. The number of aryl methyl sites for hydroxylation is 1. The zero-order chi connectivity index (χ0) is 18.1. The van der Waals surface area contributed by atoms with Crippen LogP contribution in [0, 0.1) is 18.3 Å². The number of nitriles is 1. The normalized spacial score (nSPS) is 10.5. The molecule has 0 aliphatic rings. The number of carbonyl (C=O) groups is 1. The number of carbonyl (C=O) groups excluding carboxylic acids is 1. The van der Waals surface area contributed by atoms with Gasteiger partial charge in [0.2, 0.25) is 0 Å². The quantitative estimate of drug-likeness (QED) is 0.672. The third-order valence-corrected chi connectivity index (χ3v) is 4.95. The molecule has 1 aromatic carbocycles. The average Bonchev–Trinajstić information content (AvgIpc) is 2.96. The summed E-state index contributed by atoms with van der Waals surface area (Å²) in [6.45, 7) is 1.92. The number of benzene rings is 1. The third-order valence-electron chi connectivity index (χ3n) is 3.86. The highest BCUT2D eigenvalue weighted by molar-refractivity contribution is 7.19. The van der Waals surface area contributed by atoms with E-state index < -0.39 is 0 Å². The number of anilines is 1. The minimum absolute atomic E-state index is 0.385. The Morgan fingerprint density at radius 2 is 1.92 bits per heavy atom. The van der Waals surface area contributed by atoms with Crippen molar-refractivity contribution in [3.63, 3.8) is 0 Å². The summed E-state index contributed by atoms with van der Waals surface area (Å²) in [4.78, 5) is 24.2. The van der Waals surface area contributed by atoms with E-state index in [-0.39, 0.29) is 5.97 Å². The monoisotopic (exact) mass is 352 g/mol. The van der Waals surface area contributed by atoms with Crippen molar-refractivity contribution >= 4 is 33.3 Å². The molecule has 0 aliphatic heterocycles. The van der Waals surface area contributed by atoms with Gasteiger partial charge in [-0.1, -0.05) is 12.1 Å². The van der Waals surface area contributed by atoms with E-state index in [1.165, 1.54) is 18.4 Å². The van der Waals surface area contributed by atoms with Gasteiger partial charge in [0.25, 0.3) is 0 Å². The predicted octanol–water partition coefficient (Wildman–Crippen LogP) is 3.39. The van der Waals surface area contributed by atoms with Crippen LogP contribution in [0.5, 0.6) is 0 Å². The van der Waals surface area contributed by atoms with Crippen molar-refractivity contribution in [2.24, 2.45) is 0 Å². The summed E-state index contributed by atoms with van der Waals surface area (Å²) in [5.41, 5.74) is 2.17. The minimum Gasteiger partial charge on any atom is -0.465 e. The van der Waals surface area contributed by atoms with Gasteiger partial charge in [0.1, 0.15) is 21.6 Å². The van der Waals surface area contributed by atoms with Crippen LogP contribution in [0.1, 0.15) is 20.8 Å². The van der Waals surface area contributed by atoms with Gasteiger partial charge in [0, 0.05) is 19.7 Å². The molecule has 126 valence electrons. The Hall–Kier alpha value is -2.98. The van der Waals surface area contributed by atoms with Crippen molar-refractivity contribution < 1.29 is 9.53 Å². The molecule has 0 amide bonds. The fourth-order valence-electron chi connectivity index (χ4n) is 2.55. The number of hydrogen-bond acceptors (Lipinski definition) is 7. The van der Waals surface area contributed by atoms with Crippen LogP contribution >= 0.6 is 11.3 Å². The smallest absolute Gasteiger partial charge is 0.337 e. The largest absolute Gasteiger partial charge is 0.465 e. The lowest BCUT2D eigenvalue weighted by Gasteiger charge is -2.14. The summed E-state index contributed by atoms with van der Waals surface area (Å²) in [5.74, 6) is 0.940. The van der Waals surface area contributed by atoms with Crippen molar-refractivity contribution in [2.75, 3.05) is 26.1 Å². The van der Waals surface area contributed by atoms with Gasteiger partial charge in [-0.2, -0.15) is 5.26 Å². The number of methoxy groups -OCH3 is 1. The summed E-state index contributed by atoms with van der Waals surface area (Å²) in [6.07, 6.45) is 0. The van der Waals surface area contributed by atoms with Crippen LogP contribution < -0.4 is 4.90 Å². The van der Waals surface area contributed by atoms with Crippen LogP contribution in [-0.2, 0) is 4.74 Å². The summed E-state index contributed by atoms with van der Waals surface area (Å²) >= 11 is 1.36. The first-order chi connectivity index (χ1) is 12.0. The molecule has 7 heteroatoms. The van der Waals surface area contributed by atoms with E-state index in [1.807, 2.05) is 25.9 Å². The number of fused-ring (bicyclic) bond motifs is 1. The molecule has 0 aliphatic carbocycles. The van der Waals surface area contributed by atoms with Crippen LogP contribution in [0.4, 0.5) is 5.82 Å². The molecule has 0 unspecified atom stereocenters. The van der Waals surface area contributed by atoms with Gasteiger partial charge in [0.15, 0.2) is 5.82 Å². The topological polar surface area (TPSA) is 79.1 Å². The van der Waals surface area contributed by atoms with Gasteiger partial charge in [-0.3, -0.25) is 0 Å². The maximum Gasteiger partial charge on any atom is 0.337 e. The van der Waals surface area contributed by atoms with Gasteiger partial charge < -0.3 is 9.64 Å². The van der Waals surface area contributed by atoms with E-state index >= 15 is 0 Å². The lowest BCUT2D eigenvalue weighted by molar-refractivity contribution is 0.0601. The van der Waals surface area contributed by atoms with Gasteiger partial charge in [0.05, 0.1) is 18.1 Å². The van der Waals surface area contributed by atoms with Crippen molar-refractivity contribution in [1.82, 2.24) is 9.97 Å². The molecule has 0 fully saturated rings. The molecule has 2 aromatic heterocycles. The zero-order valence-corrected chi connectivity index (χ0v) is 15.1. The number of esters is 1. The van der Waals surface area contributed by atoms with Crippen molar-refractivity contribution in [1.29, 1.82) is 5.26 Å². The highest BCUT2D eigenvalue weighted by Crippen LogP contribution is 2.36. The van der Waals surface area contributed by atoms with Crippen molar-refractivity contribution in [3.05, 3.63) is 40.3 Å². The molecule has 25 heavy (non-hydrogen) atoms. The molecule has 0 radical (unpaired) electrons. The molecular formula is C18H16N4O2S. The summed E-state index contributed by atoms with van der Waals surface area (Å²) in [5, 5.41) is 10.2. The Labute approximate surface area is 149 Å². The highest BCUT2D eigenvalue weighted by Gasteiger charge is 2.18. The van der Waals surface area contributed by atoms with Gasteiger partial charge in [-0.25, -0.2) is 14.8 Å². The van der Waals surface area contributed by atoms with E-state index in [0.717, 1.165) is 27.2 Å². The lowest BCUT2D eigenvalue weighted by Crippen LogP contribution is -2.12. The molecular weight excluding hydrogens is 336 g/mol. The van der Waals surface area contributed by atoms with Gasteiger partial charge in [-0.15, -0.1) is 11.3 Å². The number of ether oxygens (including phenoxy) is 1. The second-order valence-electron chi connectivity index (χ2n) is 5.68. The number of nitrogens with zero attached hydrogens (tertiary/aromatic N) is 4. The molecule has 3 rings (SSSR count). The number of rotatable bonds is 3. The molecule has 0 bridgehead atoms. The minimum atomic E-state index is -0.385. The Morgan fingerprint density at radius 3 is 2.48 bits per heavy atom. The second-order valence-corrected chi connectivity index (χ2v) is 6.68. The van der Waals surface area contributed by atoms with E-state index in [9.17, 15) is 10.1 Å². The van der Waals surface area contributed by atoms with E-state index in [0.29, 0.717) is 16.3 Å². The molecule has 0 spiro atoms. The van der Waals surface area contributed by atoms with Gasteiger partial charge in [-0.05, 0) is 24.6 Å². The summed E-state index contributed by atoms with van der Waals surface area (Å²) in [6, 6.07) is 9.17. The molecule has 0 saturated carbocycles. The number of thiophene rings is 1. The summed E-state index contributed by atoms with van der Waals surface area (Å²) in [7, 11) is 5.17. The number of aromatic nitrogens is 2. The lowest BCUT2D eigenvalue weighted by atomic mass is 10.1. The van der Waals surface area contributed by atoms with Crippen LogP contribution in [0.2, 0.25) is 0 Å². The number of hydrogen-bond donors (Lipinski definition) is 0. The maximum atomic E-state index is 11.6. The second kappa shape index (κ2) is 6.49. The molecule has 0 atom stereocenters. The van der Waals surface area contributed by atoms with E-state index in [1.54, 1.807) is 24.3 Å². The zero-order valence-electron chi connectivity index (χ0n) is 14.3. The third kappa shape index (κ3) is 2.92. The molecule has 3 aromatic rings. The molecule has 0 N–H and O–H groups in total. The predicted molar refractivity (Wildman–Crippen MR) is 98.0 cm³/mol. The first kappa shape index (κ1) is 16.9. The van der Waals surface area contributed by atoms with Crippen LogP contribution in [0.3, 0.4) is 0 Å². The van der Waals surface area contributed by atoms with Crippen LogP contribution in [0.15, 0.2) is 24.3 Å². The van der Waals surface area contributed by atoms with Crippen molar-refractivity contribution in [2.45, 2.75) is 6.92 Å². The van der Waals surface area contributed by atoms with Gasteiger partial charge >= 0.3 is 5.97 Å². The van der Waals surface area contributed by atoms with Crippen LogP contribution in [-0.4, -0.2) is 37.1 Å². The standard InChI is InChI=1S/C18H16N4O2S/c1-10-13(9-19)25-17-14(10)16(22(2)3)20-15(21-17)11-5-7-12(8-6-11)18(23)24-4/h5-8H,1-4H3. The first-order valence-electron chi connectivity index (χ1n) is 7.53. The molecule has 2 heterocycles. The Bertz CT molecular complexity index is 1000. The average molecular weight is 352 g/mol. The first-order valence-corrected chi connectivity index (χ1v) is 8.35. The summed E-state index contributed by atoms with van der Waals surface area (Å²) < 4.78 is 4.71. The molecule has 0 saturated heterocycles. The van der Waals surface area contributed by atoms with Crippen molar-refractivity contribution in [3.8, 4) is 17.5 Å². The van der Waals surface area contributed by atoms with Crippen LogP contribution in [0.25, 0.3) is 21.6 Å². The van der Waals surface area contributed by atoms with E-state index in [2.05, 4.69) is 16.0 Å². The Balaban J connectivity index is 2.17. The highest BCUT2D eigenvalue weighted by atomic mass is 32.1. The Kier molecular flexibility index (Phi) is 4.38. The fraction of sp³-hybridized carbons (Fsp3) is 0.222. The molecule has 6 nitrogen and oxygen atoms in total. The van der Waals surface area contributed by atoms with E-state index in [4.69, 9.17) is 4.74 Å². The Morgan fingerprint density at radius 1 is 1.24 bits per heavy atom. The SMILES string of the molecule is COC(=O)c1ccc(-c2nc(N(C)C)c3c(C)c(C#N)sc3n2)cc1. The fourth-order valence-corrected chi connectivity index (χ4v) is 3.52.